The number of rotatable bonds is 3. The molecule has 3 aromatic heterocycles. The Balaban J connectivity index is 1.44. The van der Waals surface area contributed by atoms with Crippen LogP contribution in [0, 0.1) is 0 Å². The highest BCUT2D eigenvalue weighted by molar-refractivity contribution is 6.06. The predicted octanol–water partition coefficient (Wildman–Crippen LogP) is 4.55. The number of halogens is 3. The molecule has 0 saturated carbocycles. The van der Waals surface area contributed by atoms with Crippen molar-refractivity contribution in [3.63, 3.8) is 0 Å². The van der Waals surface area contributed by atoms with E-state index in [1.165, 1.54) is 0 Å². The van der Waals surface area contributed by atoms with Crippen LogP contribution in [-0.4, -0.2) is 56.1 Å². The number of carbonyl (C=O) groups excluding carboxylic acids is 1. The molecular formula is C25H23F3N6O. The van der Waals surface area contributed by atoms with Gasteiger partial charge in [-0.15, -0.1) is 0 Å². The summed E-state index contributed by atoms with van der Waals surface area (Å²) < 4.78 is 40.3. The van der Waals surface area contributed by atoms with E-state index >= 15 is 0 Å². The molecule has 5 rings (SSSR count). The molecule has 1 atom stereocenters. The van der Waals surface area contributed by atoms with Crippen molar-refractivity contribution in [2.75, 3.05) is 24.5 Å². The molecule has 0 radical (unpaired) electrons. The van der Waals surface area contributed by atoms with Crippen LogP contribution in [0.25, 0.3) is 16.8 Å². The number of fused-ring (bicyclic) bond motifs is 1. The van der Waals surface area contributed by atoms with Gasteiger partial charge >= 0.3 is 6.18 Å². The average Bonchev–Trinajstić information content (AvgIpc) is 3.14. The number of alkyl halides is 3. The van der Waals surface area contributed by atoms with Crippen molar-refractivity contribution in [3.8, 4) is 11.3 Å². The lowest BCUT2D eigenvalue weighted by Crippen LogP contribution is -2.40. The van der Waals surface area contributed by atoms with Crippen molar-refractivity contribution in [2.24, 2.45) is 0 Å². The summed E-state index contributed by atoms with van der Waals surface area (Å²) in [6.07, 6.45) is -0.196. The molecule has 0 bridgehead atoms. The van der Waals surface area contributed by atoms with Crippen molar-refractivity contribution < 1.29 is 18.0 Å². The summed E-state index contributed by atoms with van der Waals surface area (Å²) in [6, 6.07) is 15.1. The third kappa shape index (κ3) is 4.43. The SMILES string of the molecule is C[C@@H]1CCN(c2cnc(C(F)(F)F)cn2)CCN1C(=O)c1c(-c2ccccc2)nn2ccccc12. The molecule has 180 valence electrons. The minimum Gasteiger partial charge on any atom is -0.353 e. The normalized spacial score (nSPS) is 17.0. The summed E-state index contributed by atoms with van der Waals surface area (Å²) in [5.74, 6) is 0.235. The Morgan fingerprint density at radius 1 is 0.971 bits per heavy atom. The second kappa shape index (κ2) is 9.01. The lowest BCUT2D eigenvalue weighted by atomic mass is 10.0. The molecule has 4 heterocycles. The molecule has 4 aromatic rings. The summed E-state index contributed by atoms with van der Waals surface area (Å²) >= 11 is 0. The van der Waals surface area contributed by atoms with Gasteiger partial charge in [-0.05, 0) is 25.5 Å². The number of aromatic nitrogens is 4. The number of carbonyl (C=O) groups is 1. The molecule has 7 nitrogen and oxygen atoms in total. The number of hydrogen-bond donors (Lipinski definition) is 0. The molecule has 0 spiro atoms. The van der Waals surface area contributed by atoms with Gasteiger partial charge in [0.2, 0.25) is 0 Å². The monoisotopic (exact) mass is 480 g/mol. The highest BCUT2D eigenvalue weighted by Gasteiger charge is 2.34. The Hall–Kier alpha value is -3.95. The zero-order valence-corrected chi connectivity index (χ0v) is 19.0. The topological polar surface area (TPSA) is 66.6 Å². The van der Waals surface area contributed by atoms with Gasteiger partial charge in [-0.2, -0.15) is 18.3 Å². The van der Waals surface area contributed by atoms with E-state index in [0.717, 1.165) is 23.5 Å². The number of pyridine rings is 1. The van der Waals surface area contributed by atoms with E-state index in [1.807, 2.05) is 71.5 Å². The second-order valence-corrected chi connectivity index (χ2v) is 8.50. The third-order valence-electron chi connectivity index (χ3n) is 6.27. The minimum absolute atomic E-state index is 0.0859. The molecule has 10 heteroatoms. The van der Waals surface area contributed by atoms with E-state index in [2.05, 4.69) is 15.1 Å². The molecule has 0 N–H and O–H groups in total. The minimum atomic E-state index is -4.53. The van der Waals surface area contributed by atoms with E-state index in [-0.39, 0.29) is 11.9 Å². The van der Waals surface area contributed by atoms with Crippen molar-refractivity contribution in [3.05, 3.63) is 78.4 Å². The van der Waals surface area contributed by atoms with Gasteiger partial charge in [0.05, 0.1) is 23.5 Å². The van der Waals surface area contributed by atoms with Gasteiger partial charge in [0.1, 0.15) is 11.5 Å². The highest BCUT2D eigenvalue weighted by Crippen LogP contribution is 2.30. The van der Waals surface area contributed by atoms with Crippen molar-refractivity contribution >= 4 is 17.2 Å². The number of benzene rings is 1. The van der Waals surface area contributed by atoms with Crippen LogP contribution in [0.3, 0.4) is 0 Å². The molecule has 0 aliphatic carbocycles. The Morgan fingerprint density at radius 3 is 2.46 bits per heavy atom. The first-order valence-corrected chi connectivity index (χ1v) is 11.3. The van der Waals surface area contributed by atoms with Gasteiger partial charge in [0.25, 0.3) is 5.91 Å². The molecule has 1 amide bonds. The number of hydrogen-bond acceptors (Lipinski definition) is 5. The molecule has 1 fully saturated rings. The molecule has 1 aliphatic heterocycles. The Bertz CT molecular complexity index is 1340. The van der Waals surface area contributed by atoms with Gasteiger partial charge in [-0.3, -0.25) is 4.79 Å². The van der Waals surface area contributed by atoms with Gasteiger partial charge in [0.15, 0.2) is 5.69 Å². The van der Waals surface area contributed by atoms with E-state index in [4.69, 9.17) is 0 Å². The molecule has 0 unspecified atom stereocenters. The first-order valence-electron chi connectivity index (χ1n) is 11.3. The summed E-state index contributed by atoms with van der Waals surface area (Å²) in [7, 11) is 0. The average molecular weight is 480 g/mol. The summed E-state index contributed by atoms with van der Waals surface area (Å²) in [5.41, 5.74) is 1.69. The fourth-order valence-electron chi connectivity index (χ4n) is 4.37. The molecule has 1 aromatic carbocycles. The Labute approximate surface area is 199 Å². The van der Waals surface area contributed by atoms with Crippen molar-refractivity contribution in [2.45, 2.75) is 25.6 Å². The van der Waals surface area contributed by atoms with Crippen molar-refractivity contribution in [1.82, 2.24) is 24.5 Å². The van der Waals surface area contributed by atoms with Crippen LogP contribution in [0.1, 0.15) is 29.4 Å². The van der Waals surface area contributed by atoms with E-state index in [1.54, 1.807) is 4.52 Å². The van der Waals surface area contributed by atoms with Gasteiger partial charge < -0.3 is 9.80 Å². The van der Waals surface area contributed by atoms with Gasteiger partial charge in [-0.25, -0.2) is 14.5 Å². The molecular weight excluding hydrogens is 457 g/mol. The summed E-state index contributed by atoms with van der Waals surface area (Å²) in [6.45, 7) is 3.34. The van der Waals surface area contributed by atoms with E-state index in [9.17, 15) is 18.0 Å². The first kappa shape index (κ1) is 22.8. The van der Waals surface area contributed by atoms with Crippen molar-refractivity contribution in [1.29, 1.82) is 0 Å². The van der Waals surface area contributed by atoms with Crippen LogP contribution in [0.2, 0.25) is 0 Å². The van der Waals surface area contributed by atoms with Crippen LogP contribution in [0.5, 0.6) is 0 Å². The quantitative estimate of drug-likeness (QED) is 0.431. The lowest BCUT2D eigenvalue weighted by molar-refractivity contribution is -0.141. The Morgan fingerprint density at radius 2 is 1.74 bits per heavy atom. The van der Waals surface area contributed by atoms with Crippen LogP contribution in [0.15, 0.2) is 67.1 Å². The number of nitrogens with zero attached hydrogens (tertiary/aromatic N) is 6. The molecule has 1 saturated heterocycles. The third-order valence-corrected chi connectivity index (χ3v) is 6.27. The standard InChI is InChI=1S/C25H23F3N6O/c1-17-10-12-32(21-16-29-20(15-30-21)25(26,27)28)13-14-33(17)24(35)22-19-9-5-6-11-34(19)31-23(22)18-7-3-2-4-8-18/h2-9,11,15-17H,10,12-14H2,1H3/t17-/m1/s1. The zero-order chi connectivity index (χ0) is 24.6. The smallest absolute Gasteiger partial charge is 0.353 e. The van der Waals surface area contributed by atoms with E-state index < -0.39 is 11.9 Å². The fourth-order valence-corrected chi connectivity index (χ4v) is 4.37. The van der Waals surface area contributed by atoms with Crippen LogP contribution >= 0.6 is 0 Å². The lowest BCUT2D eigenvalue weighted by Gasteiger charge is -2.27. The van der Waals surface area contributed by atoms with Crippen LogP contribution in [0.4, 0.5) is 19.0 Å². The Kier molecular flexibility index (Phi) is 5.88. The van der Waals surface area contributed by atoms with Crippen LogP contribution in [-0.2, 0) is 6.18 Å². The summed E-state index contributed by atoms with van der Waals surface area (Å²) in [5, 5.41) is 4.69. The highest BCUT2D eigenvalue weighted by atomic mass is 19.4. The van der Waals surface area contributed by atoms with Crippen LogP contribution < -0.4 is 4.90 Å². The number of amides is 1. The van der Waals surface area contributed by atoms with E-state index in [0.29, 0.717) is 43.1 Å². The number of anilines is 1. The maximum atomic E-state index is 13.9. The second-order valence-electron chi connectivity index (χ2n) is 8.50. The largest absolute Gasteiger partial charge is 0.434 e. The fraction of sp³-hybridized carbons (Fsp3) is 0.280. The van der Waals surface area contributed by atoms with Gasteiger partial charge in [-0.1, -0.05) is 36.4 Å². The summed E-state index contributed by atoms with van der Waals surface area (Å²) in [4.78, 5) is 25.1. The molecule has 35 heavy (non-hydrogen) atoms. The molecule has 1 aliphatic rings. The first-order chi connectivity index (χ1) is 16.8. The maximum Gasteiger partial charge on any atom is 0.434 e. The zero-order valence-electron chi connectivity index (χ0n) is 19.0. The van der Waals surface area contributed by atoms with Gasteiger partial charge in [0, 0.05) is 37.4 Å². The maximum absolute atomic E-state index is 13.9. The predicted molar refractivity (Wildman–Crippen MR) is 125 cm³/mol.